The lowest BCUT2D eigenvalue weighted by atomic mass is 10.1. The van der Waals surface area contributed by atoms with Crippen LogP contribution < -0.4 is 10.1 Å². The summed E-state index contributed by atoms with van der Waals surface area (Å²) in [6.07, 6.45) is 0.374. The molecule has 4 nitrogen and oxygen atoms in total. The molecule has 0 atom stereocenters. The van der Waals surface area contributed by atoms with Crippen LogP contribution in [0, 0.1) is 0 Å². The van der Waals surface area contributed by atoms with Crippen LogP contribution in [0.4, 0.5) is 0 Å². The average molecular weight is 265 g/mol. The second-order valence-corrected chi connectivity index (χ2v) is 5.34. The van der Waals surface area contributed by atoms with Crippen LogP contribution in [0.25, 0.3) is 0 Å². The number of carbonyl (C=O) groups excluding carboxylic acids is 1. The smallest absolute Gasteiger partial charge is 0.222 e. The van der Waals surface area contributed by atoms with Crippen molar-refractivity contribution in [1.82, 2.24) is 5.32 Å². The molecule has 0 aromatic heterocycles. The van der Waals surface area contributed by atoms with Gasteiger partial charge in [0.1, 0.15) is 11.4 Å². The Bertz CT molecular complexity index is 410. The second kappa shape index (κ2) is 7.14. The number of hydrogen-bond donors (Lipinski definition) is 1. The minimum atomic E-state index is -0.254. The summed E-state index contributed by atoms with van der Waals surface area (Å²) in [5, 5.41) is 2.86. The van der Waals surface area contributed by atoms with Crippen molar-refractivity contribution >= 4 is 5.91 Å². The topological polar surface area (TPSA) is 47.6 Å². The maximum Gasteiger partial charge on any atom is 0.222 e. The van der Waals surface area contributed by atoms with E-state index in [0.717, 1.165) is 11.3 Å². The minimum absolute atomic E-state index is 0.0209. The van der Waals surface area contributed by atoms with Gasteiger partial charge in [0.2, 0.25) is 5.91 Å². The molecule has 1 aromatic rings. The van der Waals surface area contributed by atoms with Crippen LogP contribution >= 0.6 is 0 Å². The molecular weight excluding hydrogens is 242 g/mol. The predicted molar refractivity (Wildman–Crippen MR) is 75.2 cm³/mol. The van der Waals surface area contributed by atoms with E-state index < -0.39 is 0 Å². The fraction of sp³-hybridized carbons (Fsp3) is 0.533. The molecule has 1 N–H and O–H groups in total. The van der Waals surface area contributed by atoms with Gasteiger partial charge in [0.25, 0.3) is 0 Å². The van der Waals surface area contributed by atoms with Gasteiger partial charge in [-0.05, 0) is 26.8 Å². The number of para-hydroxylation sites is 1. The summed E-state index contributed by atoms with van der Waals surface area (Å²) in [5.74, 6) is 0.787. The van der Waals surface area contributed by atoms with Gasteiger partial charge >= 0.3 is 0 Å². The second-order valence-electron chi connectivity index (χ2n) is 5.34. The number of hydrogen-bond acceptors (Lipinski definition) is 3. The molecule has 1 aromatic carbocycles. The summed E-state index contributed by atoms with van der Waals surface area (Å²) in [7, 11) is 1.58. The highest BCUT2D eigenvalue weighted by Crippen LogP contribution is 2.22. The lowest BCUT2D eigenvalue weighted by Crippen LogP contribution is -2.26. The highest BCUT2D eigenvalue weighted by molar-refractivity contribution is 5.76. The first kappa shape index (κ1) is 15.5. The van der Waals surface area contributed by atoms with Crippen molar-refractivity contribution < 1.29 is 14.3 Å². The largest absolute Gasteiger partial charge is 0.488 e. The Morgan fingerprint density at radius 3 is 2.58 bits per heavy atom. The van der Waals surface area contributed by atoms with E-state index in [9.17, 15) is 4.79 Å². The van der Waals surface area contributed by atoms with Gasteiger partial charge < -0.3 is 14.8 Å². The van der Waals surface area contributed by atoms with E-state index in [2.05, 4.69) is 5.32 Å². The number of ether oxygens (including phenoxy) is 2. The fourth-order valence-electron chi connectivity index (χ4n) is 1.56. The van der Waals surface area contributed by atoms with E-state index in [1.54, 1.807) is 7.11 Å². The van der Waals surface area contributed by atoms with Crippen LogP contribution in [0.3, 0.4) is 0 Å². The first-order chi connectivity index (χ1) is 8.92. The molecule has 0 aliphatic heterocycles. The molecule has 19 heavy (non-hydrogen) atoms. The molecule has 0 aliphatic carbocycles. The molecule has 1 rings (SSSR count). The Kier molecular flexibility index (Phi) is 5.83. The molecule has 106 valence electrons. The SMILES string of the molecule is COCCC(=O)NCc1ccccc1OC(C)(C)C. The lowest BCUT2D eigenvalue weighted by Gasteiger charge is -2.23. The van der Waals surface area contributed by atoms with E-state index in [1.165, 1.54) is 0 Å². The van der Waals surface area contributed by atoms with Crippen LogP contribution in [-0.2, 0) is 16.1 Å². The average Bonchev–Trinajstić information content (AvgIpc) is 2.33. The van der Waals surface area contributed by atoms with Crippen molar-refractivity contribution in [2.24, 2.45) is 0 Å². The number of methoxy groups -OCH3 is 1. The van der Waals surface area contributed by atoms with Crippen molar-refractivity contribution in [2.75, 3.05) is 13.7 Å². The van der Waals surface area contributed by atoms with E-state index in [4.69, 9.17) is 9.47 Å². The number of nitrogens with one attached hydrogen (secondary N) is 1. The van der Waals surface area contributed by atoms with Crippen molar-refractivity contribution in [3.8, 4) is 5.75 Å². The van der Waals surface area contributed by atoms with Gasteiger partial charge in [-0.1, -0.05) is 18.2 Å². The van der Waals surface area contributed by atoms with Gasteiger partial charge in [0, 0.05) is 25.6 Å². The zero-order valence-electron chi connectivity index (χ0n) is 12.2. The third-order valence-electron chi connectivity index (χ3n) is 2.40. The van der Waals surface area contributed by atoms with Crippen molar-refractivity contribution in [3.63, 3.8) is 0 Å². The predicted octanol–water partition coefficient (Wildman–Crippen LogP) is 2.52. The molecule has 0 bridgehead atoms. The number of amides is 1. The zero-order chi connectivity index (χ0) is 14.3. The third-order valence-corrected chi connectivity index (χ3v) is 2.40. The van der Waals surface area contributed by atoms with Gasteiger partial charge in [-0.25, -0.2) is 0 Å². The quantitative estimate of drug-likeness (QED) is 0.859. The van der Waals surface area contributed by atoms with Crippen LogP contribution in [0.2, 0.25) is 0 Å². The maximum atomic E-state index is 11.5. The molecular formula is C15H23NO3. The monoisotopic (exact) mass is 265 g/mol. The first-order valence-corrected chi connectivity index (χ1v) is 6.45. The molecule has 0 radical (unpaired) electrons. The van der Waals surface area contributed by atoms with Crippen molar-refractivity contribution in [1.29, 1.82) is 0 Å². The summed E-state index contributed by atoms with van der Waals surface area (Å²) >= 11 is 0. The van der Waals surface area contributed by atoms with Crippen LogP contribution in [0.5, 0.6) is 5.75 Å². The Balaban J connectivity index is 2.60. The van der Waals surface area contributed by atoms with Crippen LogP contribution in [0.1, 0.15) is 32.8 Å². The number of rotatable bonds is 6. The van der Waals surface area contributed by atoms with E-state index in [1.807, 2.05) is 45.0 Å². The molecule has 4 heteroatoms. The molecule has 0 fully saturated rings. The lowest BCUT2D eigenvalue weighted by molar-refractivity contribution is -0.122. The molecule has 0 unspecified atom stereocenters. The standard InChI is InChI=1S/C15H23NO3/c1-15(2,3)19-13-8-6-5-7-12(13)11-16-14(17)9-10-18-4/h5-8H,9-11H2,1-4H3,(H,16,17). The normalized spacial score (nSPS) is 11.2. The van der Waals surface area contributed by atoms with E-state index >= 15 is 0 Å². The molecule has 0 spiro atoms. The number of carbonyl (C=O) groups is 1. The maximum absolute atomic E-state index is 11.5. The molecule has 0 saturated carbocycles. The molecule has 0 heterocycles. The Hall–Kier alpha value is -1.55. The Morgan fingerprint density at radius 2 is 1.95 bits per heavy atom. The summed E-state index contributed by atoms with van der Waals surface area (Å²) in [6, 6.07) is 7.74. The van der Waals surface area contributed by atoms with Crippen molar-refractivity contribution in [3.05, 3.63) is 29.8 Å². The highest BCUT2D eigenvalue weighted by Gasteiger charge is 2.14. The summed E-state index contributed by atoms with van der Waals surface area (Å²) in [4.78, 5) is 11.5. The van der Waals surface area contributed by atoms with Gasteiger partial charge in [-0.15, -0.1) is 0 Å². The molecule has 1 amide bonds. The van der Waals surface area contributed by atoms with Crippen molar-refractivity contribution in [2.45, 2.75) is 39.3 Å². The van der Waals surface area contributed by atoms with Crippen LogP contribution in [-0.4, -0.2) is 25.2 Å². The fourth-order valence-corrected chi connectivity index (χ4v) is 1.56. The van der Waals surface area contributed by atoms with Gasteiger partial charge in [0.15, 0.2) is 0 Å². The summed E-state index contributed by atoms with van der Waals surface area (Å²) in [5.41, 5.74) is 0.721. The summed E-state index contributed by atoms with van der Waals surface area (Å²) in [6.45, 7) is 6.91. The molecule has 0 saturated heterocycles. The molecule has 0 aliphatic rings. The zero-order valence-corrected chi connectivity index (χ0v) is 12.2. The Morgan fingerprint density at radius 1 is 1.26 bits per heavy atom. The van der Waals surface area contributed by atoms with E-state index in [-0.39, 0.29) is 11.5 Å². The van der Waals surface area contributed by atoms with Gasteiger partial charge in [-0.3, -0.25) is 4.79 Å². The van der Waals surface area contributed by atoms with Crippen LogP contribution in [0.15, 0.2) is 24.3 Å². The number of benzene rings is 1. The first-order valence-electron chi connectivity index (χ1n) is 6.45. The minimum Gasteiger partial charge on any atom is -0.488 e. The Labute approximate surface area is 115 Å². The summed E-state index contributed by atoms with van der Waals surface area (Å²) < 4.78 is 10.7. The third kappa shape index (κ3) is 6.25. The van der Waals surface area contributed by atoms with Gasteiger partial charge in [0.05, 0.1) is 6.61 Å². The van der Waals surface area contributed by atoms with E-state index in [0.29, 0.717) is 19.6 Å². The van der Waals surface area contributed by atoms with Gasteiger partial charge in [-0.2, -0.15) is 0 Å². The highest BCUT2D eigenvalue weighted by atomic mass is 16.5.